The second-order valence-corrected chi connectivity index (χ2v) is 7.10. The summed E-state index contributed by atoms with van der Waals surface area (Å²) >= 11 is 1.77. The molecule has 0 aliphatic carbocycles. The highest BCUT2D eigenvalue weighted by Crippen LogP contribution is 2.30. The molecule has 3 rings (SSSR count). The van der Waals surface area contributed by atoms with Gasteiger partial charge in [-0.3, -0.25) is 15.0 Å². The van der Waals surface area contributed by atoms with Crippen molar-refractivity contribution < 1.29 is 4.92 Å². The van der Waals surface area contributed by atoms with Crippen LogP contribution in [-0.2, 0) is 6.54 Å². The van der Waals surface area contributed by atoms with E-state index in [1.54, 1.807) is 23.5 Å². The Labute approximate surface area is 152 Å². The average molecular weight is 368 g/mol. The number of thiophene rings is 1. The maximum atomic E-state index is 10.7. The van der Waals surface area contributed by atoms with E-state index in [4.69, 9.17) is 0 Å². The number of likely N-dealkylation sites (N-methyl/N-ethyl adjacent to an activating group) is 1. The van der Waals surface area contributed by atoms with Crippen LogP contribution >= 0.6 is 23.7 Å². The van der Waals surface area contributed by atoms with Gasteiger partial charge in [-0.2, -0.15) is 0 Å². The van der Waals surface area contributed by atoms with E-state index in [0.29, 0.717) is 6.04 Å². The minimum absolute atomic E-state index is 0. The highest BCUT2D eigenvalue weighted by Gasteiger charge is 2.19. The first-order valence-electron chi connectivity index (χ1n) is 7.89. The Morgan fingerprint density at radius 1 is 1.29 bits per heavy atom. The van der Waals surface area contributed by atoms with E-state index in [1.165, 1.54) is 17.7 Å². The summed E-state index contributed by atoms with van der Waals surface area (Å²) in [6, 6.07) is 11.7. The lowest BCUT2D eigenvalue weighted by Gasteiger charge is -2.32. The van der Waals surface area contributed by atoms with Crippen LogP contribution in [-0.4, -0.2) is 36.0 Å². The van der Waals surface area contributed by atoms with Crippen LogP contribution < -0.4 is 5.32 Å². The lowest BCUT2D eigenvalue weighted by atomic mass is 10.1. The number of likely N-dealkylation sites (tertiary alicyclic amines) is 1. The standard InChI is InChI=1S/C17H21N3O2S.ClH/c1-18-14-3-2-10-19(11-14)12-16-8-9-17(23-16)13-4-6-15(7-5-13)20(21)22;/h4-9,14,18H,2-3,10-12H2,1H3;1H. The highest BCUT2D eigenvalue weighted by molar-refractivity contribution is 7.15. The Balaban J connectivity index is 0.00000208. The van der Waals surface area contributed by atoms with Crippen molar-refractivity contribution in [2.75, 3.05) is 20.1 Å². The fourth-order valence-corrected chi connectivity index (χ4v) is 4.08. The van der Waals surface area contributed by atoms with Crippen LogP contribution in [0.2, 0.25) is 0 Å². The van der Waals surface area contributed by atoms with Crippen molar-refractivity contribution in [1.29, 1.82) is 0 Å². The number of benzene rings is 1. The molecule has 0 amide bonds. The summed E-state index contributed by atoms with van der Waals surface area (Å²) < 4.78 is 0. The van der Waals surface area contributed by atoms with Gasteiger partial charge in [0.05, 0.1) is 4.92 Å². The molecule has 0 radical (unpaired) electrons. The normalized spacial score (nSPS) is 18.1. The molecular weight excluding hydrogens is 346 g/mol. The Bertz CT molecular complexity index is 675. The van der Waals surface area contributed by atoms with Gasteiger partial charge in [-0.1, -0.05) is 0 Å². The molecule has 1 saturated heterocycles. The SMILES string of the molecule is CNC1CCCN(Cc2ccc(-c3ccc([N+](=O)[O-])cc3)s2)C1.Cl. The zero-order valence-corrected chi connectivity index (χ0v) is 15.2. The fraction of sp³-hybridized carbons (Fsp3) is 0.412. The predicted octanol–water partition coefficient (Wildman–Crippen LogP) is 3.93. The largest absolute Gasteiger partial charge is 0.316 e. The van der Waals surface area contributed by atoms with Crippen LogP contribution in [0, 0.1) is 10.1 Å². The van der Waals surface area contributed by atoms with Gasteiger partial charge in [-0.25, -0.2) is 0 Å². The number of nitrogens with zero attached hydrogens (tertiary/aromatic N) is 2. The molecule has 1 fully saturated rings. The van der Waals surface area contributed by atoms with Gasteiger partial charge in [-0.15, -0.1) is 23.7 Å². The summed E-state index contributed by atoms with van der Waals surface area (Å²) in [6.07, 6.45) is 2.50. The maximum Gasteiger partial charge on any atom is 0.269 e. The molecule has 1 aromatic carbocycles. The van der Waals surface area contributed by atoms with Gasteiger partial charge in [0.1, 0.15) is 0 Å². The quantitative estimate of drug-likeness (QED) is 0.642. The number of nitro groups is 1. The molecule has 0 saturated carbocycles. The van der Waals surface area contributed by atoms with E-state index < -0.39 is 0 Å². The number of non-ortho nitro benzene ring substituents is 1. The van der Waals surface area contributed by atoms with Crippen LogP contribution in [0.3, 0.4) is 0 Å². The summed E-state index contributed by atoms with van der Waals surface area (Å²) in [4.78, 5) is 15.4. The first kappa shape index (κ1) is 18.9. The molecule has 1 aromatic heterocycles. The van der Waals surface area contributed by atoms with Crippen molar-refractivity contribution in [3.05, 3.63) is 51.4 Å². The average Bonchev–Trinajstić information content (AvgIpc) is 3.03. The van der Waals surface area contributed by atoms with Crippen LogP contribution in [0.25, 0.3) is 10.4 Å². The van der Waals surface area contributed by atoms with E-state index in [9.17, 15) is 10.1 Å². The van der Waals surface area contributed by atoms with Gasteiger partial charge < -0.3 is 5.32 Å². The van der Waals surface area contributed by atoms with Crippen LogP contribution in [0.15, 0.2) is 36.4 Å². The monoisotopic (exact) mass is 367 g/mol. The second kappa shape index (κ2) is 8.58. The van der Waals surface area contributed by atoms with Gasteiger partial charge in [0, 0.05) is 41.0 Å². The fourth-order valence-electron chi connectivity index (χ4n) is 3.02. The number of nitro benzene ring substituents is 1. The third-order valence-electron chi connectivity index (χ3n) is 4.32. The number of hydrogen-bond acceptors (Lipinski definition) is 5. The topological polar surface area (TPSA) is 58.4 Å². The molecule has 7 heteroatoms. The van der Waals surface area contributed by atoms with Crippen molar-refractivity contribution >= 4 is 29.4 Å². The molecule has 130 valence electrons. The molecule has 2 aromatic rings. The third kappa shape index (κ3) is 4.54. The number of halogens is 1. The van der Waals surface area contributed by atoms with Crippen molar-refractivity contribution in [2.24, 2.45) is 0 Å². The van der Waals surface area contributed by atoms with Gasteiger partial charge in [0.25, 0.3) is 5.69 Å². The van der Waals surface area contributed by atoms with Crippen LogP contribution in [0.4, 0.5) is 5.69 Å². The molecule has 5 nitrogen and oxygen atoms in total. The molecule has 1 aliphatic rings. The smallest absolute Gasteiger partial charge is 0.269 e. The summed E-state index contributed by atoms with van der Waals surface area (Å²) in [5, 5.41) is 14.1. The van der Waals surface area contributed by atoms with Crippen molar-refractivity contribution in [2.45, 2.75) is 25.4 Å². The number of hydrogen-bond donors (Lipinski definition) is 1. The van der Waals surface area contributed by atoms with Crippen LogP contribution in [0.1, 0.15) is 17.7 Å². The first-order valence-corrected chi connectivity index (χ1v) is 8.70. The summed E-state index contributed by atoms with van der Waals surface area (Å²) in [5.41, 5.74) is 1.18. The zero-order valence-electron chi connectivity index (χ0n) is 13.6. The molecule has 0 spiro atoms. The zero-order chi connectivity index (χ0) is 16.2. The molecule has 1 unspecified atom stereocenters. The summed E-state index contributed by atoms with van der Waals surface area (Å²) in [6.45, 7) is 3.24. The lowest BCUT2D eigenvalue weighted by molar-refractivity contribution is -0.384. The van der Waals surface area contributed by atoms with E-state index in [1.807, 2.05) is 19.2 Å². The van der Waals surface area contributed by atoms with Crippen molar-refractivity contribution in [3.63, 3.8) is 0 Å². The van der Waals surface area contributed by atoms with E-state index in [-0.39, 0.29) is 23.0 Å². The Hall–Kier alpha value is -1.47. The Kier molecular flexibility index (Phi) is 6.74. The Morgan fingerprint density at radius 3 is 2.71 bits per heavy atom. The van der Waals surface area contributed by atoms with E-state index >= 15 is 0 Å². The Morgan fingerprint density at radius 2 is 2.04 bits per heavy atom. The second-order valence-electron chi connectivity index (χ2n) is 5.93. The van der Waals surface area contributed by atoms with Crippen molar-refractivity contribution in [3.8, 4) is 10.4 Å². The molecule has 24 heavy (non-hydrogen) atoms. The highest BCUT2D eigenvalue weighted by atomic mass is 35.5. The summed E-state index contributed by atoms with van der Waals surface area (Å²) in [5.74, 6) is 0. The molecule has 0 bridgehead atoms. The minimum atomic E-state index is -0.363. The molecule has 2 heterocycles. The van der Waals surface area contributed by atoms with E-state index in [2.05, 4.69) is 22.3 Å². The van der Waals surface area contributed by atoms with Crippen molar-refractivity contribution in [1.82, 2.24) is 10.2 Å². The summed E-state index contributed by atoms with van der Waals surface area (Å²) in [7, 11) is 2.03. The van der Waals surface area contributed by atoms with Gasteiger partial charge >= 0.3 is 0 Å². The predicted molar refractivity (Wildman–Crippen MR) is 101 cm³/mol. The molecule has 1 atom stereocenters. The molecule has 1 aliphatic heterocycles. The number of nitrogens with one attached hydrogen (secondary N) is 1. The van der Waals surface area contributed by atoms with E-state index in [0.717, 1.165) is 30.1 Å². The van der Waals surface area contributed by atoms with Gasteiger partial charge in [-0.05, 0) is 56.3 Å². The maximum absolute atomic E-state index is 10.7. The third-order valence-corrected chi connectivity index (χ3v) is 5.44. The number of piperidine rings is 1. The first-order chi connectivity index (χ1) is 11.2. The molecular formula is C17H22ClN3O2S. The minimum Gasteiger partial charge on any atom is -0.316 e. The molecule has 1 N–H and O–H groups in total. The van der Waals surface area contributed by atoms with Crippen LogP contribution in [0.5, 0.6) is 0 Å². The lowest BCUT2D eigenvalue weighted by Crippen LogP contribution is -2.43. The van der Waals surface area contributed by atoms with Gasteiger partial charge in [0.15, 0.2) is 0 Å². The number of rotatable bonds is 5. The van der Waals surface area contributed by atoms with Gasteiger partial charge in [0.2, 0.25) is 0 Å².